The Hall–Kier alpha value is -4.72. The molecule has 186 valence electrons. The molecule has 5 rings (SSSR count). The lowest BCUT2D eigenvalue weighted by Crippen LogP contribution is -2.23. The molecule has 0 saturated carbocycles. The van der Waals surface area contributed by atoms with Crippen molar-refractivity contribution in [1.82, 2.24) is 25.3 Å². The summed E-state index contributed by atoms with van der Waals surface area (Å²) < 4.78 is 12.8. The summed E-state index contributed by atoms with van der Waals surface area (Å²) in [4.78, 5) is 12.8. The maximum absolute atomic E-state index is 12.8. The van der Waals surface area contributed by atoms with Crippen LogP contribution in [-0.4, -0.2) is 33.0 Å². The molecular formula is C29H27N5O3. The molecule has 0 spiro atoms. The van der Waals surface area contributed by atoms with Gasteiger partial charge in [-0.1, -0.05) is 24.3 Å². The van der Waals surface area contributed by atoms with Crippen LogP contribution >= 0.6 is 0 Å². The average molecular weight is 494 g/mol. The number of hydrogen-bond donors (Lipinski definition) is 1. The highest BCUT2D eigenvalue weighted by molar-refractivity contribution is 5.94. The smallest absolute Gasteiger partial charge is 0.268 e. The number of carbonyl (C=O) groups is 1. The van der Waals surface area contributed by atoms with E-state index in [1.165, 1.54) is 0 Å². The Morgan fingerprint density at radius 2 is 1.68 bits per heavy atom. The van der Waals surface area contributed by atoms with Gasteiger partial charge in [0.2, 0.25) is 5.89 Å². The first-order valence-electron chi connectivity index (χ1n) is 11.9. The van der Waals surface area contributed by atoms with Crippen molar-refractivity contribution >= 4 is 5.91 Å². The van der Waals surface area contributed by atoms with Crippen molar-refractivity contribution in [3.05, 3.63) is 101 Å². The molecule has 0 bridgehead atoms. The van der Waals surface area contributed by atoms with E-state index in [-0.39, 0.29) is 5.91 Å². The molecule has 8 heteroatoms. The highest BCUT2D eigenvalue weighted by Gasteiger charge is 2.22. The first-order valence-corrected chi connectivity index (χ1v) is 11.9. The molecular weight excluding hydrogens is 466 g/mol. The topological polar surface area (TPSA) is 95.1 Å². The quantitative estimate of drug-likeness (QED) is 0.324. The summed E-state index contributed by atoms with van der Waals surface area (Å²) in [7, 11) is 1.64. The Bertz CT molecular complexity index is 1550. The van der Waals surface area contributed by atoms with Crippen LogP contribution in [0.4, 0.5) is 0 Å². The van der Waals surface area contributed by atoms with Crippen LogP contribution in [0.3, 0.4) is 0 Å². The number of nitrogens with zero attached hydrogens (tertiary/aromatic N) is 4. The molecule has 0 radical (unpaired) electrons. The van der Waals surface area contributed by atoms with E-state index in [1.807, 2.05) is 79.2 Å². The van der Waals surface area contributed by atoms with Crippen LogP contribution in [0.25, 0.3) is 28.5 Å². The van der Waals surface area contributed by atoms with E-state index < -0.39 is 0 Å². The molecule has 0 atom stereocenters. The Kier molecular flexibility index (Phi) is 6.55. The van der Waals surface area contributed by atoms with Crippen LogP contribution in [0.2, 0.25) is 0 Å². The number of nitrogens with one attached hydrogen (secondary N) is 1. The van der Waals surface area contributed by atoms with Crippen molar-refractivity contribution in [1.29, 1.82) is 0 Å². The lowest BCUT2D eigenvalue weighted by molar-refractivity contribution is 0.0951. The van der Waals surface area contributed by atoms with Gasteiger partial charge in [0.15, 0.2) is 5.69 Å². The molecule has 37 heavy (non-hydrogen) atoms. The highest BCUT2D eigenvalue weighted by Crippen LogP contribution is 2.34. The van der Waals surface area contributed by atoms with Gasteiger partial charge in [-0.2, -0.15) is 5.10 Å². The first kappa shape index (κ1) is 24.0. The molecule has 2 heterocycles. The van der Waals surface area contributed by atoms with E-state index in [2.05, 4.69) is 15.5 Å². The van der Waals surface area contributed by atoms with Crippen LogP contribution in [0.15, 0.2) is 77.2 Å². The third-order valence-electron chi connectivity index (χ3n) is 6.29. The van der Waals surface area contributed by atoms with Gasteiger partial charge in [-0.3, -0.25) is 4.79 Å². The minimum atomic E-state index is -0.135. The van der Waals surface area contributed by atoms with Gasteiger partial charge in [0, 0.05) is 30.2 Å². The summed E-state index contributed by atoms with van der Waals surface area (Å²) in [6.07, 6.45) is 0. The Balaban J connectivity index is 1.47. The van der Waals surface area contributed by atoms with Crippen molar-refractivity contribution in [2.45, 2.75) is 27.3 Å². The minimum absolute atomic E-state index is 0.135. The fourth-order valence-corrected chi connectivity index (χ4v) is 4.21. The molecule has 0 fully saturated rings. The second kappa shape index (κ2) is 10.1. The van der Waals surface area contributed by atoms with Gasteiger partial charge in [0.25, 0.3) is 11.8 Å². The zero-order valence-corrected chi connectivity index (χ0v) is 21.1. The summed E-state index contributed by atoms with van der Waals surface area (Å²) in [6.45, 7) is 6.23. The summed E-state index contributed by atoms with van der Waals surface area (Å²) >= 11 is 0. The summed E-state index contributed by atoms with van der Waals surface area (Å²) in [6, 6.07) is 23.1. The van der Waals surface area contributed by atoms with E-state index in [1.54, 1.807) is 26.2 Å². The van der Waals surface area contributed by atoms with Gasteiger partial charge in [-0.05, 0) is 73.5 Å². The zero-order chi connectivity index (χ0) is 25.9. The average Bonchev–Trinajstić information content (AvgIpc) is 3.51. The van der Waals surface area contributed by atoms with Crippen LogP contribution in [0.1, 0.15) is 32.9 Å². The number of ether oxygens (including phenoxy) is 1. The Morgan fingerprint density at radius 1 is 0.946 bits per heavy atom. The fourth-order valence-electron chi connectivity index (χ4n) is 4.21. The number of benzene rings is 3. The molecule has 0 saturated heterocycles. The number of aryl methyl sites for hydroxylation is 2. The second-order valence-electron chi connectivity index (χ2n) is 8.74. The molecule has 0 aliphatic rings. The first-order chi connectivity index (χ1) is 17.9. The Morgan fingerprint density at radius 3 is 2.32 bits per heavy atom. The van der Waals surface area contributed by atoms with Crippen molar-refractivity contribution in [3.63, 3.8) is 0 Å². The monoisotopic (exact) mass is 493 g/mol. The van der Waals surface area contributed by atoms with Crippen molar-refractivity contribution in [3.8, 4) is 34.3 Å². The molecule has 0 aliphatic heterocycles. The van der Waals surface area contributed by atoms with E-state index in [0.29, 0.717) is 29.6 Å². The predicted molar refractivity (Wildman–Crippen MR) is 141 cm³/mol. The number of rotatable bonds is 7. The van der Waals surface area contributed by atoms with Crippen LogP contribution in [-0.2, 0) is 6.54 Å². The fraction of sp³-hybridized carbons (Fsp3) is 0.172. The normalized spacial score (nSPS) is 10.9. The molecule has 3 aromatic carbocycles. The largest absolute Gasteiger partial charge is 0.497 e. The minimum Gasteiger partial charge on any atom is -0.497 e. The van der Waals surface area contributed by atoms with Gasteiger partial charge in [-0.25, -0.2) is 4.68 Å². The van der Waals surface area contributed by atoms with Crippen LogP contribution in [0, 0.1) is 20.8 Å². The van der Waals surface area contributed by atoms with Crippen LogP contribution < -0.4 is 10.1 Å². The van der Waals surface area contributed by atoms with Crippen molar-refractivity contribution in [2.24, 2.45) is 0 Å². The van der Waals surface area contributed by atoms with Gasteiger partial charge < -0.3 is 14.5 Å². The van der Waals surface area contributed by atoms with E-state index in [9.17, 15) is 4.79 Å². The molecule has 1 N–H and O–H groups in total. The second-order valence-corrected chi connectivity index (χ2v) is 8.74. The molecule has 0 aliphatic carbocycles. The highest BCUT2D eigenvalue weighted by atomic mass is 16.5. The lowest BCUT2D eigenvalue weighted by atomic mass is 10.1. The number of carbonyl (C=O) groups excluding carboxylic acids is 1. The Labute approximate surface area is 214 Å². The van der Waals surface area contributed by atoms with Crippen LogP contribution in [0.5, 0.6) is 5.75 Å². The number of hydrogen-bond acceptors (Lipinski definition) is 6. The number of aromatic nitrogens is 4. The molecule has 2 aromatic heterocycles. The predicted octanol–water partition coefficient (Wildman–Crippen LogP) is 5.45. The molecule has 0 unspecified atom stereocenters. The molecule has 8 nitrogen and oxygen atoms in total. The standard InChI is InChI=1S/C29H27N5O3/c1-18-7-5-6-8-23(18)17-30-28(35)22-9-13-24(14-10-22)34-27(21-11-15-25(36-4)16-12-21)19(2)26(33-34)29-32-31-20(3)37-29/h5-16H,17H2,1-4H3,(H,30,35). The zero-order valence-electron chi connectivity index (χ0n) is 21.1. The maximum atomic E-state index is 12.8. The maximum Gasteiger partial charge on any atom is 0.268 e. The third kappa shape index (κ3) is 4.86. The van der Waals surface area contributed by atoms with E-state index >= 15 is 0 Å². The number of amides is 1. The van der Waals surface area contributed by atoms with Gasteiger partial charge in [-0.15, -0.1) is 10.2 Å². The van der Waals surface area contributed by atoms with Gasteiger partial charge in [0.1, 0.15) is 5.75 Å². The molecule has 1 amide bonds. The third-order valence-corrected chi connectivity index (χ3v) is 6.29. The molecule has 5 aromatic rings. The SMILES string of the molecule is COc1ccc(-c2c(C)c(-c3nnc(C)o3)nn2-c2ccc(C(=O)NCc3ccccc3C)cc2)cc1. The van der Waals surface area contributed by atoms with E-state index in [4.69, 9.17) is 14.3 Å². The lowest BCUT2D eigenvalue weighted by Gasteiger charge is -2.11. The summed E-state index contributed by atoms with van der Waals surface area (Å²) in [5, 5.41) is 16.0. The van der Waals surface area contributed by atoms with Gasteiger partial charge in [0.05, 0.1) is 18.5 Å². The summed E-state index contributed by atoms with van der Waals surface area (Å²) in [5.74, 6) is 1.46. The number of methoxy groups -OCH3 is 1. The van der Waals surface area contributed by atoms with Gasteiger partial charge >= 0.3 is 0 Å². The summed E-state index contributed by atoms with van der Waals surface area (Å²) in [5.41, 5.74) is 6.93. The van der Waals surface area contributed by atoms with E-state index in [0.717, 1.165) is 39.4 Å². The van der Waals surface area contributed by atoms with Crippen molar-refractivity contribution in [2.75, 3.05) is 7.11 Å². The van der Waals surface area contributed by atoms with Crippen molar-refractivity contribution < 1.29 is 13.9 Å².